The number of hydrogen-bond donors (Lipinski definition) is 0. The summed E-state index contributed by atoms with van der Waals surface area (Å²) in [5, 5.41) is 0. The Morgan fingerprint density at radius 2 is 0.884 bits per heavy atom. The van der Waals surface area contributed by atoms with E-state index in [1.807, 2.05) is 109 Å². The first-order valence-electron chi connectivity index (χ1n) is 15.3. The highest BCUT2D eigenvalue weighted by atomic mass is 16.5. The van der Waals surface area contributed by atoms with Crippen molar-refractivity contribution in [2.24, 2.45) is 0 Å². The molecule has 1 saturated heterocycles. The fourth-order valence-electron chi connectivity index (χ4n) is 5.42. The second-order valence-corrected chi connectivity index (χ2v) is 10.8. The van der Waals surface area contributed by atoms with Crippen molar-refractivity contribution >= 4 is 11.8 Å². The summed E-state index contributed by atoms with van der Waals surface area (Å²) in [7, 11) is 0. The van der Waals surface area contributed by atoms with Gasteiger partial charge in [-0.25, -0.2) is 0 Å². The summed E-state index contributed by atoms with van der Waals surface area (Å²) < 4.78 is 12.3. The topological polar surface area (TPSA) is 59.1 Å². The van der Waals surface area contributed by atoms with Crippen LogP contribution in [0.5, 0.6) is 11.5 Å². The molecule has 0 saturated carbocycles. The normalized spacial score (nSPS) is 14.8. The van der Waals surface area contributed by atoms with E-state index in [0.717, 1.165) is 22.3 Å². The number of rotatable bonds is 10. The molecule has 0 aromatic heterocycles. The first-order valence-corrected chi connectivity index (χ1v) is 15.3. The van der Waals surface area contributed by atoms with Crippen LogP contribution in [0.1, 0.15) is 33.1 Å². The molecule has 2 unspecified atom stereocenters. The Balaban J connectivity index is 1.15. The van der Waals surface area contributed by atoms with E-state index in [4.69, 9.17) is 9.47 Å². The molecule has 1 aliphatic heterocycles. The minimum atomic E-state index is -0.574. The molecular weight excluding hydrogens is 536 g/mol. The largest absolute Gasteiger partial charge is 0.481 e. The van der Waals surface area contributed by atoms with Gasteiger partial charge in [-0.1, -0.05) is 98.8 Å². The molecule has 222 valence electrons. The Hall–Kier alpha value is -4.58. The van der Waals surface area contributed by atoms with Gasteiger partial charge < -0.3 is 19.3 Å². The summed E-state index contributed by atoms with van der Waals surface area (Å²) >= 11 is 0. The number of ether oxygens (including phenoxy) is 2. The molecule has 6 nitrogen and oxygen atoms in total. The highest BCUT2D eigenvalue weighted by Gasteiger charge is 2.30. The monoisotopic (exact) mass is 576 g/mol. The van der Waals surface area contributed by atoms with Gasteiger partial charge in [0, 0.05) is 26.2 Å². The third kappa shape index (κ3) is 7.63. The van der Waals surface area contributed by atoms with E-state index in [1.54, 1.807) is 0 Å². The van der Waals surface area contributed by atoms with Crippen LogP contribution in [0.4, 0.5) is 0 Å². The van der Waals surface area contributed by atoms with Gasteiger partial charge in [0.2, 0.25) is 0 Å². The standard InChI is InChI=1S/C37H40N2O4/c1-3-34(42-32-20-16-30(17-21-32)28-12-7-5-8-13-28)36(40)38-24-11-25-39(27-26-38)37(41)35(4-2)43-33-22-18-31(19-23-33)29-14-9-6-10-15-29/h5-10,12-23,34-35H,3-4,11,24-27H2,1-2H3. The van der Waals surface area contributed by atoms with Crippen LogP contribution in [0.25, 0.3) is 22.3 Å². The van der Waals surface area contributed by atoms with Crippen molar-refractivity contribution in [3.63, 3.8) is 0 Å². The van der Waals surface area contributed by atoms with E-state index in [1.165, 1.54) is 0 Å². The van der Waals surface area contributed by atoms with Crippen molar-refractivity contribution in [2.45, 2.75) is 45.3 Å². The van der Waals surface area contributed by atoms with Crippen LogP contribution in [0, 0.1) is 0 Å². The maximum atomic E-state index is 13.5. The smallest absolute Gasteiger partial charge is 0.263 e. The van der Waals surface area contributed by atoms with E-state index >= 15 is 0 Å². The number of amides is 2. The third-order valence-electron chi connectivity index (χ3n) is 7.89. The lowest BCUT2D eigenvalue weighted by Crippen LogP contribution is -2.46. The average Bonchev–Trinajstić information content (AvgIpc) is 3.33. The molecule has 1 aliphatic rings. The zero-order valence-corrected chi connectivity index (χ0v) is 25.0. The Kier molecular flexibility index (Phi) is 10.1. The Morgan fingerprint density at radius 1 is 0.535 bits per heavy atom. The Bertz CT molecular complexity index is 1340. The van der Waals surface area contributed by atoms with Crippen LogP contribution in [0.15, 0.2) is 109 Å². The SMILES string of the molecule is CCC(Oc1ccc(-c2ccccc2)cc1)C(=O)N1CCCN(C(=O)C(CC)Oc2ccc(-c3ccccc3)cc2)CC1. The Labute approximate surface area is 254 Å². The molecule has 0 spiro atoms. The van der Waals surface area contributed by atoms with Crippen LogP contribution in [0.2, 0.25) is 0 Å². The molecule has 5 rings (SSSR count). The van der Waals surface area contributed by atoms with E-state index in [0.29, 0.717) is 56.9 Å². The molecule has 0 radical (unpaired) electrons. The third-order valence-corrected chi connectivity index (χ3v) is 7.89. The van der Waals surface area contributed by atoms with Gasteiger partial charge in [-0.05, 0) is 65.8 Å². The predicted molar refractivity (Wildman–Crippen MR) is 171 cm³/mol. The number of carbonyl (C=O) groups is 2. The van der Waals surface area contributed by atoms with Gasteiger partial charge in [0.25, 0.3) is 11.8 Å². The molecule has 0 aliphatic carbocycles. The van der Waals surface area contributed by atoms with Crippen LogP contribution in [0.3, 0.4) is 0 Å². The molecule has 2 amide bonds. The fourth-order valence-corrected chi connectivity index (χ4v) is 5.42. The zero-order valence-electron chi connectivity index (χ0n) is 25.0. The van der Waals surface area contributed by atoms with Crippen molar-refractivity contribution in [3.8, 4) is 33.8 Å². The molecule has 43 heavy (non-hydrogen) atoms. The summed E-state index contributed by atoms with van der Waals surface area (Å²) in [6.45, 7) is 6.05. The molecule has 0 N–H and O–H groups in total. The van der Waals surface area contributed by atoms with Gasteiger partial charge in [-0.2, -0.15) is 0 Å². The highest BCUT2D eigenvalue weighted by Crippen LogP contribution is 2.25. The minimum absolute atomic E-state index is 0.0364. The first kappa shape index (κ1) is 29.9. The lowest BCUT2D eigenvalue weighted by Gasteiger charge is -2.27. The summed E-state index contributed by atoms with van der Waals surface area (Å²) in [5.41, 5.74) is 4.47. The van der Waals surface area contributed by atoms with Gasteiger partial charge in [-0.15, -0.1) is 0 Å². The maximum absolute atomic E-state index is 13.5. The minimum Gasteiger partial charge on any atom is -0.481 e. The van der Waals surface area contributed by atoms with Gasteiger partial charge in [-0.3, -0.25) is 9.59 Å². The van der Waals surface area contributed by atoms with Crippen LogP contribution < -0.4 is 9.47 Å². The predicted octanol–water partition coefficient (Wildman–Crippen LogP) is 7.10. The van der Waals surface area contributed by atoms with Crippen molar-refractivity contribution in [3.05, 3.63) is 109 Å². The van der Waals surface area contributed by atoms with Crippen molar-refractivity contribution < 1.29 is 19.1 Å². The second kappa shape index (κ2) is 14.5. The highest BCUT2D eigenvalue weighted by molar-refractivity contribution is 5.83. The number of carbonyl (C=O) groups excluding carboxylic acids is 2. The molecule has 4 aromatic rings. The van der Waals surface area contributed by atoms with Crippen molar-refractivity contribution in [2.75, 3.05) is 26.2 Å². The van der Waals surface area contributed by atoms with Crippen molar-refractivity contribution in [1.82, 2.24) is 9.80 Å². The molecule has 0 bridgehead atoms. The fraction of sp³-hybridized carbons (Fsp3) is 0.297. The molecule has 1 fully saturated rings. The van der Waals surface area contributed by atoms with Crippen LogP contribution >= 0.6 is 0 Å². The summed E-state index contributed by atoms with van der Waals surface area (Å²) in [6, 6.07) is 36.1. The lowest BCUT2D eigenvalue weighted by molar-refractivity contribution is -0.141. The molecular formula is C37H40N2O4. The van der Waals surface area contributed by atoms with Crippen LogP contribution in [-0.2, 0) is 9.59 Å². The number of benzene rings is 4. The number of nitrogens with zero attached hydrogens (tertiary/aromatic N) is 2. The summed E-state index contributed by atoms with van der Waals surface area (Å²) in [5.74, 6) is 1.27. The molecule has 4 aromatic carbocycles. The summed E-state index contributed by atoms with van der Waals surface area (Å²) in [6.07, 6.45) is 0.688. The maximum Gasteiger partial charge on any atom is 0.263 e. The quantitative estimate of drug-likeness (QED) is 0.202. The van der Waals surface area contributed by atoms with Gasteiger partial charge in [0.1, 0.15) is 11.5 Å². The van der Waals surface area contributed by atoms with E-state index < -0.39 is 12.2 Å². The average molecular weight is 577 g/mol. The van der Waals surface area contributed by atoms with Gasteiger partial charge in [0.15, 0.2) is 12.2 Å². The second-order valence-electron chi connectivity index (χ2n) is 10.8. The molecule has 6 heteroatoms. The van der Waals surface area contributed by atoms with E-state index in [9.17, 15) is 9.59 Å². The van der Waals surface area contributed by atoms with E-state index in [-0.39, 0.29) is 11.8 Å². The van der Waals surface area contributed by atoms with Crippen molar-refractivity contribution in [1.29, 1.82) is 0 Å². The van der Waals surface area contributed by atoms with E-state index in [2.05, 4.69) is 24.3 Å². The molecule has 1 heterocycles. The molecule has 2 atom stereocenters. The first-order chi connectivity index (χ1) is 21.1. The van der Waals surface area contributed by atoms with Crippen LogP contribution in [-0.4, -0.2) is 60.0 Å². The lowest BCUT2D eigenvalue weighted by atomic mass is 10.1. The zero-order chi connectivity index (χ0) is 30.0. The summed E-state index contributed by atoms with van der Waals surface area (Å²) in [4.78, 5) is 30.6. The van der Waals surface area contributed by atoms with Gasteiger partial charge in [0.05, 0.1) is 0 Å². The Morgan fingerprint density at radius 3 is 1.23 bits per heavy atom. The van der Waals surface area contributed by atoms with Gasteiger partial charge >= 0.3 is 0 Å². The number of hydrogen-bond acceptors (Lipinski definition) is 4.